The smallest absolute Gasteiger partial charge is 0.0921 e. The maximum Gasteiger partial charge on any atom is 0.0921 e. The Labute approximate surface area is 112 Å². The average Bonchev–Trinajstić information content (AvgIpc) is 2.35. The van der Waals surface area contributed by atoms with E-state index < -0.39 is 6.10 Å². The van der Waals surface area contributed by atoms with E-state index >= 15 is 0 Å². The number of likely N-dealkylation sites (N-methyl/N-ethyl adjacent to an activating group) is 1. The van der Waals surface area contributed by atoms with E-state index in [-0.39, 0.29) is 0 Å². The van der Waals surface area contributed by atoms with Gasteiger partial charge in [0.1, 0.15) is 0 Å². The predicted molar refractivity (Wildman–Crippen MR) is 77.0 cm³/mol. The third-order valence-electron chi connectivity index (χ3n) is 3.17. The molecular formula is C13H30N4O. The molecule has 0 saturated heterocycles. The first kappa shape index (κ1) is 17.2. The molecule has 0 aliphatic carbocycles. The summed E-state index contributed by atoms with van der Waals surface area (Å²) in [5.74, 6) is 0. The number of hydrogen-bond donors (Lipinski definition) is 3. The van der Waals surface area contributed by atoms with Gasteiger partial charge in [0.05, 0.1) is 11.8 Å². The highest BCUT2D eigenvalue weighted by molar-refractivity contribution is 5.03. The Kier molecular flexibility index (Phi) is 8.79. The standard InChI is InChI=1S/C13H30N4O/c1-7-17(8-2)11(3)9-15-13(12(4)18)10-16(6)14-5/h10-12,14-15,18H,7-9H2,1-6H3/b13-10+/t11-,12-/m0/s1. The summed E-state index contributed by atoms with van der Waals surface area (Å²) in [6.45, 7) is 11.2. The van der Waals surface area contributed by atoms with Crippen LogP contribution in [0.25, 0.3) is 0 Å². The molecule has 0 aromatic carbocycles. The first-order valence-electron chi connectivity index (χ1n) is 6.74. The van der Waals surface area contributed by atoms with Gasteiger partial charge in [-0.1, -0.05) is 13.8 Å². The van der Waals surface area contributed by atoms with E-state index in [1.165, 1.54) is 0 Å². The van der Waals surface area contributed by atoms with Gasteiger partial charge in [-0.3, -0.25) is 4.90 Å². The van der Waals surface area contributed by atoms with Gasteiger partial charge >= 0.3 is 0 Å². The van der Waals surface area contributed by atoms with Crippen LogP contribution in [-0.2, 0) is 0 Å². The molecule has 0 aliphatic heterocycles. The Bertz CT molecular complexity index is 239. The van der Waals surface area contributed by atoms with Crippen molar-refractivity contribution < 1.29 is 5.11 Å². The average molecular weight is 258 g/mol. The van der Waals surface area contributed by atoms with E-state index in [0.717, 1.165) is 25.3 Å². The minimum Gasteiger partial charge on any atom is -0.387 e. The molecule has 108 valence electrons. The predicted octanol–water partition coefficient (Wildman–Crippen LogP) is 0.595. The topological polar surface area (TPSA) is 50.8 Å². The van der Waals surface area contributed by atoms with Crippen LogP contribution in [0.4, 0.5) is 0 Å². The van der Waals surface area contributed by atoms with Crippen molar-refractivity contribution in [1.82, 2.24) is 20.7 Å². The van der Waals surface area contributed by atoms with Crippen molar-refractivity contribution in [2.24, 2.45) is 0 Å². The normalized spacial score (nSPS) is 15.7. The molecule has 5 heteroatoms. The summed E-state index contributed by atoms with van der Waals surface area (Å²) in [5.41, 5.74) is 3.80. The summed E-state index contributed by atoms with van der Waals surface area (Å²) in [4.78, 5) is 2.38. The van der Waals surface area contributed by atoms with Crippen molar-refractivity contribution >= 4 is 0 Å². The third-order valence-corrected chi connectivity index (χ3v) is 3.17. The lowest BCUT2D eigenvalue weighted by atomic mass is 10.2. The summed E-state index contributed by atoms with van der Waals surface area (Å²) >= 11 is 0. The number of hydrogen-bond acceptors (Lipinski definition) is 5. The number of aliphatic hydroxyl groups is 1. The molecule has 0 bridgehead atoms. The molecule has 0 unspecified atom stereocenters. The molecule has 0 heterocycles. The molecule has 0 fully saturated rings. The molecule has 0 aromatic rings. The molecule has 0 spiro atoms. The Balaban J connectivity index is 4.40. The van der Waals surface area contributed by atoms with Crippen molar-refractivity contribution in [2.45, 2.75) is 39.8 Å². The molecular weight excluding hydrogens is 228 g/mol. The highest BCUT2D eigenvalue weighted by Crippen LogP contribution is 2.02. The molecule has 0 aromatic heterocycles. The lowest BCUT2D eigenvalue weighted by Gasteiger charge is -2.28. The fourth-order valence-electron chi connectivity index (χ4n) is 1.82. The van der Waals surface area contributed by atoms with Gasteiger partial charge in [0.2, 0.25) is 0 Å². The van der Waals surface area contributed by atoms with Gasteiger partial charge in [-0.25, -0.2) is 5.43 Å². The molecule has 3 N–H and O–H groups in total. The molecule has 0 radical (unpaired) electrons. The highest BCUT2D eigenvalue weighted by atomic mass is 16.3. The van der Waals surface area contributed by atoms with Crippen LogP contribution in [0.5, 0.6) is 0 Å². The maximum absolute atomic E-state index is 9.72. The second-order valence-electron chi connectivity index (χ2n) is 4.55. The molecule has 2 atom stereocenters. The molecule has 5 nitrogen and oxygen atoms in total. The second kappa shape index (κ2) is 9.19. The van der Waals surface area contributed by atoms with Crippen molar-refractivity contribution in [1.29, 1.82) is 0 Å². The minimum atomic E-state index is -0.496. The van der Waals surface area contributed by atoms with Gasteiger partial charge in [0.15, 0.2) is 0 Å². The maximum atomic E-state index is 9.72. The number of nitrogens with one attached hydrogen (secondary N) is 2. The van der Waals surface area contributed by atoms with E-state index in [4.69, 9.17) is 0 Å². The van der Waals surface area contributed by atoms with Crippen LogP contribution in [0.3, 0.4) is 0 Å². The van der Waals surface area contributed by atoms with Gasteiger partial charge in [-0.05, 0) is 26.9 Å². The van der Waals surface area contributed by atoms with Crippen molar-refractivity contribution in [3.8, 4) is 0 Å². The van der Waals surface area contributed by atoms with E-state index in [9.17, 15) is 5.11 Å². The number of aliphatic hydroxyl groups excluding tert-OH is 1. The van der Waals surface area contributed by atoms with Crippen LogP contribution in [0.1, 0.15) is 27.7 Å². The molecule has 0 aliphatic rings. The van der Waals surface area contributed by atoms with E-state index in [1.807, 2.05) is 25.3 Å². The van der Waals surface area contributed by atoms with E-state index in [2.05, 4.69) is 36.4 Å². The van der Waals surface area contributed by atoms with Crippen LogP contribution < -0.4 is 10.7 Å². The van der Waals surface area contributed by atoms with Crippen molar-refractivity contribution in [2.75, 3.05) is 33.7 Å². The van der Waals surface area contributed by atoms with Gasteiger partial charge in [0.25, 0.3) is 0 Å². The first-order chi connectivity index (χ1) is 8.46. The molecule has 0 saturated carbocycles. The SMILES string of the molecule is CCN(CC)[C@@H](C)CN/C(=C/N(C)NC)[C@H](C)O. The Morgan fingerprint density at radius 2 is 1.83 bits per heavy atom. The Hall–Kier alpha value is -0.780. The molecule has 0 amide bonds. The van der Waals surface area contributed by atoms with Crippen molar-refractivity contribution in [3.63, 3.8) is 0 Å². The summed E-state index contributed by atoms with van der Waals surface area (Å²) in [6.07, 6.45) is 1.38. The van der Waals surface area contributed by atoms with E-state index in [0.29, 0.717) is 6.04 Å². The zero-order valence-corrected chi connectivity index (χ0v) is 12.7. The van der Waals surface area contributed by atoms with Gasteiger partial charge in [-0.15, -0.1) is 0 Å². The summed E-state index contributed by atoms with van der Waals surface area (Å²) < 4.78 is 0. The zero-order valence-electron chi connectivity index (χ0n) is 12.7. The van der Waals surface area contributed by atoms with Crippen LogP contribution in [0.2, 0.25) is 0 Å². The van der Waals surface area contributed by atoms with Crippen LogP contribution in [-0.4, -0.2) is 60.9 Å². The van der Waals surface area contributed by atoms with E-state index in [1.54, 1.807) is 6.92 Å². The van der Waals surface area contributed by atoms with Crippen LogP contribution in [0.15, 0.2) is 11.9 Å². The number of hydrazine groups is 1. The molecule has 18 heavy (non-hydrogen) atoms. The second-order valence-corrected chi connectivity index (χ2v) is 4.55. The number of nitrogens with zero attached hydrogens (tertiary/aromatic N) is 2. The Morgan fingerprint density at radius 3 is 2.22 bits per heavy atom. The summed E-state index contributed by atoms with van der Waals surface area (Å²) in [5, 5.41) is 14.9. The van der Waals surface area contributed by atoms with Crippen LogP contribution >= 0.6 is 0 Å². The highest BCUT2D eigenvalue weighted by Gasteiger charge is 2.12. The zero-order chi connectivity index (χ0) is 14.1. The summed E-state index contributed by atoms with van der Waals surface area (Å²) in [7, 11) is 3.74. The lowest BCUT2D eigenvalue weighted by molar-refractivity contribution is 0.201. The summed E-state index contributed by atoms with van der Waals surface area (Å²) in [6, 6.07) is 0.446. The van der Waals surface area contributed by atoms with Gasteiger partial charge in [-0.2, -0.15) is 0 Å². The third kappa shape index (κ3) is 6.23. The van der Waals surface area contributed by atoms with Gasteiger partial charge < -0.3 is 15.4 Å². The first-order valence-corrected chi connectivity index (χ1v) is 6.74. The monoisotopic (exact) mass is 258 g/mol. The fraction of sp³-hybridized carbons (Fsp3) is 0.846. The lowest BCUT2D eigenvalue weighted by Crippen LogP contribution is -2.41. The molecule has 0 rings (SSSR count). The number of rotatable bonds is 9. The fourth-order valence-corrected chi connectivity index (χ4v) is 1.82. The Morgan fingerprint density at radius 1 is 1.28 bits per heavy atom. The quantitative estimate of drug-likeness (QED) is 0.529. The van der Waals surface area contributed by atoms with Crippen LogP contribution in [0, 0.1) is 0 Å². The largest absolute Gasteiger partial charge is 0.387 e. The van der Waals surface area contributed by atoms with Crippen molar-refractivity contribution in [3.05, 3.63) is 11.9 Å². The minimum absolute atomic E-state index is 0.446. The van der Waals surface area contributed by atoms with Gasteiger partial charge in [0, 0.05) is 32.9 Å².